The zero-order chi connectivity index (χ0) is 13.1. The van der Waals surface area contributed by atoms with Gasteiger partial charge in [-0.2, -0.15) is 4.98 Å². The Balaban J connectivity index is 2.66. The van der Waals surface area contributed by atoms with E-state index in [1.54, 1.807) is 7.11 Å². The van der Waals surface area contributed by atoms with Gasteiger partial charge in [0.05, 0.1) is 7.11 Å². The highest BCUT2D eigenvalue weighted by Gasteiger charge is 2.12. The van der Waals surface area contributed by atoms with Gasteiger partial charge in [0.15, 0.2) is 0 Å². The molecule has 0 saturated carbocycles. The van der Waals surface area contributed by atoms with Gasteiger partial charge in [-0.05, 0) is 26.0 Å². The third-order valence-corrected chi connectivity index (χ3v) is 2.97. The number of nitrogen functional groups attached to an aromatic ring is 1. The molecule has 2 aromatic rings. The lowest BCUT2D eigenvalue weighted by atomic mass is 10.2. The molecule has 2 N–H and O–H groups in total. The highest BCUT2D eigenvalue weighted by molar-refractivity contribution is 5.93. The average molecular weight is 246 g/mol. The first kappa shape index (κ1) is 12.4. The number of nitrogens with two attached hydrogens (primary N) is 1. The lowest BCUT2D eigenvalue weighted by Gasteiger charge is -2.19. The Kier molecular flexibility index (Phi) is 3.50. The predicted molar refractivity (Wildman–Crippen MR) is 74.1 cm³/mol. The van der Waals surface area contributed by atoms with Crippen molar-refractivity contribution in [3.63, 3.8) is 0 Å². The number of aromatic nitrogens is 2. The fourth-order valence-corrected chi connectivity index (χ4v) is 1.95. The van der Waals surface area contributed by atoms with E-state index < -0.39 is 0 Å². The van der Waals surface area contributed by atoms with Crippen LogP contribution in [0.4, 0.5) is 11.8 Å². The summed E-state index contributed by atoms with van der Waals surface area (Å²) in [6.45, 7) is 5.82. The first-order chi connectivity index (χ1) is 8.71. The third-order valence-electron chi connectivity index (χ3n) is 2.97. The van der Waals surface area contributed by atoms with Gasteiger partial charge < -0.3 is 15.4 Å². The van der Waals surface area contributed by atoms with Crippen molar-refractivity contribution in [3.05, 3.63) is 18.2 Å². The van der Waals surface area contributed by atoms with Crippen LogP contribution in [0.15, 0.2) is 18.2 Å². The molecule has 2 rings (SSSR count). The van der Waals surface area contributed by atoms with Crippen molar-refractivity contribution >= 4 is 22.7 Å². The van der Waals surface area contributed by atoms with Gasteiger partial charge in [-0.3, -0.25) is 0 Å². The van der Waals surface area contributed by atoms with Gasteiger partial charge in [-0.25, -0.2) is 4.98 Å². The molecule has 0 radical (unpaired) electrons. The number of rotatable bonds is 4. The summed E-state index contributed by atoms with van der Waals surface area (Å²) >= 11 is 0. The number of benzene rings is 1. The van der Waals surface area contributed by atoms with Crippen molar-refractivity contribution in [3.8, 4) is 5.75 Å². The minimum Gasteiger partial charge on any atom is -0.494 e. The van der Waals surface area contributed by atoms with Crippen LogP contribution < -0.4 is 15.4 Å². The van der Waals surface area contributed by atoms with E-state index in [4.69, 9.17) is 10.5 Å². The summed E-state index contributed by atoms with van der Waals surface area (Å²) in [6, 6.07) is 5.66. The molecule has 5 nitrogen and oxygen atoms in total. The summed E-state index contributed by atoms with van der Waals surface area (Å²) in [7, 11) is 1.63. The molecule has 1 heterocycles. The number of nitrogens with zero attached hydrogens (tertiary/aromatic N) is 3. The van der Waals surface area contributed by atoms with E-state index in [-0.39, 0.29) is 0 Å². The molecule has 0 fully saturated rings. The molecule has 0 atom stereocenters. The molecule has 0 saturated heterocycles. The number of anilines is 2. The van der Waals surface area contributed by atoms with Crippen LogP contribution in [0.5, 0.6) is 5.75 Å². The van der Waals surface area contributed by atoms with Crippen molar-refractivity contribution in [2.24, 2.45) is 0 Å². The summed E-state index contributed by atoms with van der Waals surface area (Å²) in [5, 5.41) is 0.824. The first-order valence-corrected chi connectivity index (χ1v) is 6.06. The van der Waals surface area contributed by atoms with Crippen LogP contribution in [0.3, 0.4) is 0 Å². The average Bonchev–Trinajstić information content (AvgIpc) is 2.39. The minimum absolute atomic E-state index is 0.487. The quantitative estimate of drug-likeness (QED) is 0.894. The van der Waals surface area contributed by atoms with Crippen LogP contribution >= 0.6 is 0 Å². The molecule has 0 spiro atoms. The fourth-order valence-electron chi connectivity index (χ4n) is 1.95. The Morgan fingerprint density at radius 1 is 1.22 bits per heavy atom. The normalized spacial score (nSPS) is 10.6. The molecular formula is C13H18N4O. The van der Waals surface area contributed by atoms with Gasteiger partial charge in [0.25, 0.3) is 0 Å². The van der Waals surface area contributed by atoms with E-state index >= 15 is 0 Å². The Hall–Kier alpha value is -2.04. The van der Waals surface area contributed by atoms with Gasteiger partial charge in [0.2, 0.25) is 5.95 Å². The number of fused-ring (bicyclic) bond motifs is 1. The van der Waals surface area contributed by atoms with Crippen LogP contribution in [0.25, 0.3) is 10.9 Å². The predicted octanol–water partition coefficient (Wildman–Crippen LogP) is 2.07. The van der Waals surface area contributed by atoms with Gasteiger partial charge in [-0.1, -0.05) is 6.07 Å². The van der Waals surface area contributed by atoms with E-state index in [1.807, 2.05) is 18.2 Å². The molecule has 5 heteroatoms. The van der Waals surface area contributed by atoms with E-state index in [2.05, 4.69) is 28.7 Å². The Morgan fingerprint density at radius 3 is 2.56 bits per heavy atom. The summed E-state index contributed by atoms with van der Waals surface area (Å²) in [5.74, 6) is 1.85. The second-order valence-corrected chi connectivity index (χ2v) is 3.94. The second-order valence-electron chi connectivity index (χ2n) is 3.94. The molecule has 0 aliphatic carbocycles. The van der Waals surface area contributed by atoms with Crippen molar-refractivity contribution in [2.45, 2.75) is 13.8 Å². The molecule has 0 unspecified atom stereocenters. The lowest BCUT2D eigenvalue weighted by molar-refractivity contribution is 0.419. The highest BCUT2D eigenvalue weighted by atomic mass is 16.5. The molecule has 1 aromatic carbocycles. The van der Waals surface area contributed by atoms with Crippen molar-refractivity contribution in [1.82, 2.24) is 9.97 Å². The van der Waals surface area contributed by atoms with Crippen LogP contribution in [0.1, 0.15) is 13.8 Å². The van der Waals surface area contributed by atoms with Crippen molar-refractivity contribution < 1.29 is 4.74 Å². The first-order valence-electron chi connectivity index (χ1n) is 6.06. The van der Waals surface area contributed by atoms with Gasteiger partial charge in [0, 0.05) is 18.5 Å². The van der Waals surface area contributed by atoms with Crippen molar-refractivity contribution in [1.29, 1.82) is 0 Å². The van der Waals surface area contributed by atoms with Crippen LogP contribution in [-0.4, -0.2) is 30.2 Å². The maximum absolute atomic E-state index is 5.99. The molecule has 0 amide bonds. The Bertz CT molecular complexity index is 552. The van der Waals surface area contributed by atoms with Crippen LogP contribution in [-0.2, 0) is 0 Å². The molecule has 18 heavy (non-hydrogen) atoms. The molecule has 96 valence electrons. The fraction of sp³-hybridized carbons (Fsp3) is 0.385. The van der Waals surface area contributed by atoms with E-state index in [0.717, 1.165) is 29.7 Å². The Morgan fingerprint density at radius 2 is 1.94 bits per heavy atom. The van der Waals surface area contributed by atoms with Crippen molar-refractivity contribution in [2.75, 3.05) is 30.8 Å². The number of hydrogen-bond acceptors (Lipinski definition) is 5. The number of hydrogen-bond donors (Lipinski definition) is 1. The zero-order valence-corrected chi connectivity index (χ0v) is 11.0. The maximum atomic E-state index is 5.99. The van der Waals surface area contributed by atoms with Crippen LogP contribution in [0.2, 0.25) is 0 Å². The van der Waals surface area contributed by atoms with Crippen LogP contribution in [0, 0.1) is 0 Å². The minimum atomic E-state index is 0.487. The monoisotopic (exact) mass is 246 g/mol. The van der Waals surface area contributed by atoms with Gasteiger partial charge in [-0.15, -0.1) is 0 Å². The SMILES string of the molecule is CCN(CC)c1nc(N)c2cccc(OC)c2n1. The maximum Gasteiger partial charge on any atom is 0.227 e. The van der Waals surface area contributed by atoms with E-state index in [9.17, 15) is 0 Å². The number of methoxy groups -OCH3 is 1. The molecule has 0 aliphatic heterocycles. The standard InChI is InChI=1S/C13H18N4O/c1-4-17(5-2)13-15-11-9(12(14)16-13)7-6-8-10(11)18-3/h6-8H,4-5H2,1-3H3,(H2,14,15,16). The summed E-state index contributed by atoms with van der Waals surface area (Å²) in [5.41, 5.74) is 6.75. The molecule has 1 aromatic heterocycles. The topological polar surface area (TPSA) is 64.3 Å². The lowest BCUT2D eigenvalue weighted by Crippen LogP contribution is -2.24. The van der Waals surface area contributed by atoms with Gasteiger partial charge in [0.1, 0.15) is 17.1 Å². The summed E-state index contributed by atoms with van der Waals surface area (Å²) < 4.78 is 5.32. The second kappa shape index (κ2) is 5.08. The largest absolute Gasteiger partial charge is 0.494 e. The molecule has 0 aliphatic rings. The van der Waals surface area contributed by atoms with Gasteiger partial charge >= 0.3 is 0 Å². The van der Waals surface area contributed by atoms with E-state index in [0.29, 0.717) is 11.8 Å². The Labute approximate surface area is 107 Å². The summed E-state index contributed by atoms with van der Waals surface area (Å²) in [4.78, 5) is 11.0. The zero-order valence-electron chi connectivity index (χ0n) is 11.0. The number of ether oxygens (including phenoxy) is 1. The third kappa shape index (κ3) is 2.03. The summed E-state index contributed by atoms with van der Waals surface area (Å²) in [6.07, 6.45) is 0. The number of para-hydroxylation sites is 1. The van der Waals surface area contributed by atoms with E-state index in [1.165, 1.54) is 0 Å². The molecular weight excluding hydrogens is 228 g/mol. The highest BCUT2D eigenvalue weighted by Crippen LogP contribution is 2.28. The smallest absolute Gasteiger partial charge is 0.227 e. The molecule has 0 bridgehead atoms.